The molecule has 0 aromatic heterocycles. The molecular weight excluding hydrogens is 441 g/mol. The molecule has 0 aliphatic carbocycles. The second-order valence-corrected chi connectivity index (χ2v) is 8.71. The molecular formula is C24H29F3O4S. The molecule has 0 aliphatic heterocycles. The lowest BCUT2D eigenvalue weighted by atomic mass is 10.0. The molecule has 1 unspecified atom stereocenters. The van der Waals surface area contributed by atoms with Gasteiger partial charge in [0.2, 0.25) is 0 Å². The Morgan fingerprint density at radius 2 is 1.81 bits per heavy atom. The minimum atomic E-state index is -4.36. The van der Waals surface area contributed by atoms with Gasteiger partial charge in [0, 0.05) is 16.6 Å². The van der Waals surface area contributed by atoms with Gasteiger partial charge in [0.25, 0.3) is 0 Å². The van der Waals surface area contributed by atoms with E-state index >= 15 is 0 Å². The summed E-state index contributed by atoms with van der Waals surface area (Å²) in [5.41, 5.74) is 0.172. The van der Waals surface area contributed by atoms with Crippen molar-refractivity contribution in [2.75, 3.05) is 19.0 Å². The standard InChI is InChI=1S/C24H29F3O4S/c1-3-4-5-6-18(14-30-20-9-7-19(8-10-20)24(25,26)27)16-32-21-11-12-22(17(2)13-21)31-15-23(28)29/h7-13,18H,3-6,14-16H2,1-2H3,(H,28,29). The van der Waals surface area contributed by atoms with Crippen LogP contribution in [-0.4, -0.2) is 30.0 Å². The number of thioether (sulfide) groups is 1. The molecule has 0 saturated heterocycles. The van der Waals surface area contributed by atoms with E-state index in [4.69, 9.17) is 14.6 Å². The number of alkyl halides is 3. The van der Waals surface area contributed by atoms with Crippen LogP contribution in [0.2, 0.25) is 0 Å². The predicted molar refractivity (Wildman–Crippen MR) is 120 cm³/mol. The molecule has 0 spiro atoms. The molecule has 4 nitrogen and oxygen atoms in total. The van der Waals surface area contributed by atoms with E-state index < -0.39 is 17.7 Å². The summed E-state index contributed by atoms with van der Waals surface area (Å²) < 4.78 is 49.2. The summed E-state index contributed by atoms with van der Waals surface area (Å²) in [6.07, 6.45) is -0.0870. The quantitative estimate of drug-likeness (QED) is 0.256. The molecule has 0 amide bonds. The van der Waals surface area contributed by atoms with Crippen LogP contribution in [-0.2, 0) is 11.0 Å². The molecule has 2 rings (SSSR count). The molecule has 176 valence electrons. The van der Waals surface area contributed by atoms with Crippen molar-refractivity contribution in [2.45, 2.75) is 50.6 Å². The van der Waals surface area contributed by atoms with E-state index in [0.717, 1.165) is 54.0 Å². The molecule has 1 atom stereocenters. The third kappa shape index (κ3) is 9.02. The maximum absolute atomic E-state index is 12.7. The lowest BCUT2D eigenvalue weighted by Crippen LogP contribution is -2.15. The van der Waals surface area contributed by atoms with E-state index in [0.29, 0.717) is 18.1 Å². The molecule has 0 aliphatic rings. The first-order chi connectivity index (χ1) is 15.2. The lowest BCUT2D eigenvalue weighted by molar-refractivity contribution is -0.139. The van der Waals surface area contributed by atoms with E-state index in [9.17, 15) is 18.0 Å². The van der Waals surface area contributed by atoms with Gasteiger partial charge in [-0.25, -0.2) is 4.79 Å². The average Bonchev–Trinajstić information content (AvgIpc) is 2.74. The first kappa shape index (κ1) is 25.9. The van der Waals surface area contributed by atoms with Crippen molar-refractivity contribution < 1.29 is 32.5 Å². The number of aryl methyl sites for hydroxylation is 1. The minimum absolute atomic E-state index is 0.247. The van der Waals surface area contributed by atoms with Crippen LogP contribution in [0.3, 0.4) is 0 Å². The lowest BCUT2D eigenvalue weighted by Gasteiger charge is -2.18. The number of hydrogen-bond acceptors (Lipinski definition) is 4. The van der Waals surface area contributed by atoms with Crippen LogP contribution in [0.5, 0.6) is 11.5 Å². The Balaban J connectivity index is 1.93. The Morgan fingerprint density at radius 3 is 2.41 bits per heavy atom. The number of benzene rings is 2. The zero-order chi connectivity index (χ0) is 23.6. The van der Waals surface area contributed by atoms with E-state index in [-0.39, 0.29) is 12.5 Å². The van der Waals surface area contributed by atoms with Gasteiger partial charge in [0.05, 0.1) is 12.2 Å². The number of carbonyl (C=O) groups is 1. The highest BCUT2D eigenvalue weighted by molar-refractivity contribution is 7.99. The zero-order valence-corrected chi connectivity index (χ0v) is 19.1. The highest BCUT2D eigenvalue weighted by Gasteiger charge is 2.30. The van der Waals surface area contributed by atoms with Crippen molar-refractivity contribution >= 4 is 17.7 Å². The summed E-state index contributed by atoms with van der Waals surface area (Å²) in [6.45, 7) is 4.06. The smallest absolute Gasteiger partial charge is 0.416 e. The van der Waals surface area contributed by atoms with Crippen molar-refractivity contribution in [3.63, 3.8) is 0 Å². The van der Waals surface area contributed by atoms with Crippen molar-refractivity contribution in [1.29, 1.82) is 0 Å². The fourth-order valence-corrected chi connectivity index (χ4v) is 4.19. The molecule has 0 heterocycles. The molecule has 0 fully saturated rings. The van der Waals surface area contributed by atoms with Crippen LogP contribution >= 0.6 is 11.8 Å². The highest BCUT2D eigenvalue weighted by atomic mass is 32.2. The highest BCUT2D eigenvalue weighted by Crippen LogP contribution is 2.31. The van der Waals surface area contributed by atoms with Gasteiger partial charge in [-0.15, -0.1) is 11.8 Å². The zero-order valence-electron chi connectivity index (χ0n) is 18.3. The Kier molecular flexibility index (Phi) is 10.2. The van der Waals surface area contributed by atoms with Crippen molar-refractivity contribution in [2.24, 2.45) is 5.92 Å². The van der Waals surface area contributed by atoms with Gasteiger partial charge in [0.15, 0.2) is 6.61 Å². The van der Waals surface area contributed by atoms with Gasteiger partial charge in [-0.2, -0.15) is 13.2 Å². The maximum Gasteiger partial charge on any atom is 0.416 e. The number of rotatable bonds is 13. The summed E-state index contributed by atoms with van der Waals surface area (Å²) in [4.78, 5) is 11.7. The van der Waals surface area contributed by atoms with Crippen LogP contribution in [0.1, 0.15) is 43.7 Å². The Labute approximate surface area is 191 Å². The summed E-state index contributed by atoms with van der Waals surface area (Å²) in [6, 6.07) is 10.4. The maximum atomic E-state index is 12.7. The molecule has 0 saturated carbocycles. The van der Waals surface area contributed by atoms with Crippen molar-refractivity contribution in [3.8, 4) is 11.5 Å². The summed E-state index contributed by atoms with van der Waals surface area (Å²) in [7, 11) is 0. The summed E-state index contributed by atoms with van der Waals surface area (Å²) in [5.74, 6) is 1.00. The fourth-order valence-electron chi connectivity index (χ4n) is 3.08. The number of halogens is 3. The monoisotopic (exact) mass is 470 g/mol. The number of hydrogen-bond donors (Lipinski definition) is 1. The van der Waals surface area contributed by atoms with E-state index in [1.807, 2.05) is 19.1 Å². The van der Waals surface area contributed by atoms with Gasteiger partial charge in [-0.1, -0.05) is 26.2 Å². The van der Waals surface area contributed by atoms with Crippen LogP contribution in [0.15, 0.2) is 47.4 Å². The van der Waals surface area contributed by atoms with Gasteiger partial charge in [-0.3, -0.25) is 0 Å². The van der Waals surface area contributed by atoms with E-state index in [2.05, 4.69) is 6.92 Å². The third-order valence-corrected chi connectivity index (χ3v) is 6.09. The van der Waals surface area contributed by atoms with Crippen LogP contribution in [0.4, 0.5) is 13.2 Å². The minimum Gasteiger partial charge on any atom is -0.493 e. The number of unbranched alkanes of at least 4 members (excludes halogenated alkanes) is 2. The van der Waals surface area contributed by atoms with Crippen LogP contribution in [0, 0.1) is 12.8 Å². The topological polar surface area (TPSA) is 55.8 Å². The predicted octanol–water partition coefficient (Wildman–Crippen LogP) is 6.84. The van der Waals surface area contributed by atoms with Gasteiger partial charge in [-0.05, 0) is 61.4 Å². The SMILES string of the molecule is CCCCCC(COc1ccc(C(F)(F)F)cc1)CSc1ccc(OCC(=O)O)c(C)c1. The Morgan fingerprint density at radius 1 is 1.09 bits per heavy atom. The molecule has 2 aromatic rings. The first-order valence-electron chi connectivity index (χ1n) is 10.6. The van der Waals surface area contributed by atoms with Crippen LogP contribution < -0.4 is 9.47 Å². The second-order valence-electron chi connectivity index (χ2n) is 7.62. The number of aliphatic carboxylic acids is 1. The Hall–Kier alpha value is -2.35. The molecule has 2 aromatic carbocycles. The number of carboxylic acids is 1. The van der Waals surface area contributed by atoms with E-state index in [1.165, 1.54) is 12.1 Å². The summed E-state index contributed by atoms with van der Waals surface area (Å²) in [5, 5.41) is 8.75. The molecule has 0 radical (unpaired) electrons. The first-order valence-corrected chi connectivity index (χ1v) is 11.6. The van der Waals surface area contributed by atoms with Crippen molar-refractivity contribution in [3.05, 3.63) is 53.6 Å². The van der Waals surface area contributed by atoms with Crippen LogP contribution in [0.25, 0.3) is 0 Å². The normalized spacial score (nSPS) is 12.4. The summed E-state index contributed by atoms with van der Waals surface area (Å²) >= 11 is 1.67. The largest absolute Gasteiger partial charge is 0.493 e. The van der Waals surface area contributed by atoms with E-state index in [1.54, 1.807) is 17.8 Å². The molecule has 0 bridgehead atoms. The van der Waals surface area contributed by atoms with Gasteiger partial charge in [0.1, 0.15) is 11.5 Å². The number of carboxylic acid groups (broad SMARTS) is 1. The van der Waals surface area contributed by atoms with Gasteiger partial charge < -0.3 is 14.6 Å². The fraction of sp³-hybridized carbons (Fsp3) is 0.458. The molecule has 32 heavy (non-hydrogen) atoms. The molecule has 1 N–H and O–H groups in total. The third-order valence-electron chi connectivity index (χ3n) is 4.87. The number of ether oxygens (including phenoxy) is 2. The Bertz CT molecular complexity index is 853. The molecule has 8 heteroatoms. The second kappa shape index (κ2) is 12.6. The average molecular weight is 471 g/mol. The van der Waals surface area contributed by atoms with Crippen molar-refractivity contribution in [1.82, 2.24) is 0 Å². The van der Waals surface area contributed by atoms with Gasteiger partial charge >= 0.3 is 12.1 Å².